The number of carbonyl (C=O) groups excluding carboxylic acids is 1. The smallest absolute Gasteiger partial charge is 0.290 e. The summed E-state index contributed by atoms with van der Waals surface area (Å²) >= 11 is 11.6. The number of nitro benzene ring substituents is 1. The van der Waals surface area contributed by atoms with Crippen LogP contribution in [0.25, 0.3) is 0 Å². The first-order valence-electron chi connectivity index (χ1n) is 5.08. The van der Waals surface area contributed by atoms with Gasteiger partial charge in [-0.1, -0.05) is 11.6 Å². The second kappa shape index (κ2) is 4.62. The fourth-order valence-corrected chi connectivity index (χ4v) is 2.35. The molecule has 0 radical (unpaired) electrons. The zero-order chi connectivity index (χ0) is 13.4. The van der Waals surface area contributed by atoms with Crippen LogP contribution in [0.15, 0.2) is 12.1 Å². The molecular weight excluding hydrogens is 281 g/mol. The molecular formula is C10H9Cl2N3O3. The monoisotopic (exact) mass is 289 g/mol. The Kier molecular flexibility index (Phi) is 3.32. The number of hydrogen-bond acceptors (Lipinski definition) is 4. The lowest BCUT2D eigenvalue weighted by atomic mass is 10.2. The van der Waals surface area contributed by atoms with Crippen LogP contribution in [-0.4, -0.2) is 22.8 Å². The van der Waals surface area contributed by atoms with Crippen molar-refractivity contribution in [2.75, 3.05) is 17.2 Å². The van der Waals surface area contributed by atoms with Gasteiger partial charge in [0.15, 0.2) is 0 Å². The maximum absolute atomic E-state index is 11.7. The summed E-state index contributed by atoms with van der Waals surface area (Å²) in [5.41, 5.74) is 5.94. The first-order valence-corrected chi connectivity index (χ1v) is 5.89. The number of halogens is 2. The van der Waals surface area contributed by atoms with E-state index < -0.39 is 4.92 Å². The number of carbonyl (C=O) groups is 1. The summed E-state index contributed by atoms with van der Waals surface area (Å²) in [6.45, 7) is 0.281. The molecule has 1 atom stereocenters. The predicted octanol–water partition coefficient (Wildman–Crippen LogP) is 2.17. The highest BCUT2D eigenvalue weighted by atomic mass is 35.5. The summed E-state index contributed by atoms with van der Waals surface area (Å²) < 4.78 is 0. The largest absolute Gasteiger partial charge is 0.397 e. The van der Waals surface area contributed by atoms with Crippen LogP contribution in [-0.2, 0) is 4.79 Å². The third-order valence-electron chi connectivity index (χ3n) is 2.66. The number of anilines is 2. The van der Waals surface area contributed by atoms with E-state index in [1.54, 1.807) is 0 Å². The average molecular weight is 290 g/mol. The molecule has 1 aliphatic rings. The van der Waals surface area contributed by atoms with Gasteiger partial charge in [0.25, 0.3) is 5.69 Å². The third-order valence-corrected chi connectivity index (χ3v) is 3.26. The lowest BCUT2D eigenvalue weighted by Gasteiger charge is -2.18. The molecule has 18 heavy (non-hydrogen) atoms. The molecule has 2 N–H and O–H groups in total. The van der Waals surface area contributed by atoms with E-state index in [0.29, 0.717) is 0 Å². The molecule has 0 saturated carbocycles. The van der Waals surface area contributed by atoms with Crippen LogP contribution < -0.4 is 10.6 Å². The van der Waals surface area contributed by atoms with E-state index in [9.17, 15) is 14.9 Å². The van der Waals surface area contributed by atoms with Crippen LogP contribution in [0.3, 0.4) is 0 Å². The number of nitrogens with zero attached hydrogens (tertiary/aromatic N) is 2. The van der Waals surface area contributed by atoms with Crippen molar-refractivity contribution >= 4 is 46.2 Å². The fourth-order valence-electron chi connectivity index (χ4n) is 1.84. The Balaban J connectivity index is 2.48. The van der Waals surface area contributed by atoms with Gasteiger partial charge in [0.2, 0.25) is 5.91 Å². The van der Waals surface area contributed by atoms with Crippen LogP contribution in [0.5, 0.6) is 0 Å². The molecule has 1 aromatic rings. The van der Waals surface area contributed by atoms with Crippen molar-refractivity contribution in [2.45, 2.75) is 11.8 Å². The highest BCUT2D eigenvalue weighted by molar-refractivity contribution is 6.33. The van der Waals surface area contributed by atoms with Gasteiger partial charge in [0, 0.05) is 19.0 Å². The number of nitrogens with two attached hydrogens (primary N) is 1. The minimum absolute atomic E-state index is 0.0599. The van der Waals surface area contributed by atoms with E-state index in [0.717, 1.165) is 0 Å². The highest BCUT2D eigenvalue weighted by Crippen LogP contribution is 2.36. The Morgan fingerprint density at radius 2 is 2.17 bits per heavy atom. The van der Waals surface area contributed by atoms with Crippen LogP contribution in [0.2, 0.25) is 5.02 Å². The first-order chi connectivity index (χ1) is 8.40. The summed E-state index contributed by atoms with van der Waals surface area (Å²) in [5.74, 6) is -0.210. The Morgan fingerprint density at radius 1 is 1.50 bits per heavy atom. The molecule has 0 aromatic heterocycles. The Bertz CT molecular complexity index is 535. The average Bonchev–Trinajstić information content (AvgIpc) is 2.57. The zero-order valence-electron chi connectivity index (χ0n) is 9.10. The molecule has 1 amide bonds. The summed E-state index contributed by atoms with van der Waals surface area (Å²) in [5, 5.41) is 10.4. The first kappa shape index (κ1) is 12.9. The Hall–Kier alpha value is -1.53. The second-order valence-electron chi connectivity index (χ2n) is 3.93. The van der Waals surface area contributed by atoms with Crippen molar-refractivity contribution in [3.8, 4) is 0 Å². The maximum atomic E-state index is 11.7. The molecule has 1 aromatic carbocycles. The van der Waals surface area contributed by atoms with Crippen molar-refractivity contribution in [1.29, 1.82) is 0 Å². The number of nitro groups is 1. The number of benzene rings is 1. The molecule has 1 heterocycles. The summed E-state index contributed by atoms with van der Waals surface area (Å²) in [6, 6.07) is 2.47. The lowest BCUT2D eigenvalue weighted by molar-refractivity contribution is -0.384. The Morgan fingerprint density at radius 3 is 2.67 bits per heavy atom. The van der Waals surface area contributed by atoms with Gasteiger partial charge >= 0.3 is 0 Å². The fraction of sp³-hybridized carbons (Fsp3) is 0.300. The molecule has 0 aliphatic carbocycles. The van der Waals surface area contributed by atoms with E-state index in [2.05, 4.69) is 0 Å². The number of alkyl halides is 1. The molecule has 6 nitrogen and oxygen atoms in total. The highest BCUT2D eigenvalue weighted by Gasteiger charge is 2.31. The normalized spacial score (nSPS) is 19.3. The van der Waals surface area contributed by atoms with Crippen molar-refractivity contribution in [1.82, 2.24) is 0 Å². The molecule has 2 rings (SSSR count). The maximum Gasteiger partial charge on any atom is 0.290 e. The van der Waals surface area contributed by atoms with Crippen LogP contribution in [0.4, 0.5) is 17.1 Å². The zero-order valence-corrected chi connectivity index (χ0v) is 10.6. The molecule has 1 fully saturated rings. The molecule has 0 spiro atoms. The third kappa shape index (κ3) is 2.21. The number of nitrogen functional groups attached to an aromatic ring is 1. The van der Waals surface area contributed by atoms with Crippen molar-refractivity contribution < 1.29 is 9.72 Å². The topological polar surface area (TPSA) is 89.5 Å². The van der Waals surface area contributed by atoms with Crippen molar-refractivity contribution in [2.24, 2.45) is 0 Å². The van der Waals surface area contributed by atoms with Crippen LogP contribution in [0.1, 0.15) is 6.42 Å². The second-order valence-corrected chi connectivity index (χ2v) is 4.95. The predicted molar refractivity (Wildman–Crippen MR) is 69.1 cm³/mol. The molecule has 1 aliphatic heterocycles. The van der Waals surface area contributed by atoms with Gasteiger partial charge in [-0.3, -0.25) is 14.9 Å². The number of amides is 1. The minimum Gasteiger partial charge on any atom is -0.397 e. The van der Waals surface area contributed by atoms with Crippen LogP contribution in [0, 0.1) is 10.1 Å². The Labute approximate surface area is 112 Å². The van der Waals surface area contributed by atoms with E-state index in [1.807, 2.05) is 0 Å². The minimum atomic E-state index is -0.621. The summed E-state index contributed by atoms with van der Waals surface area (Å²) in [7, 11) is 0. The molecule has 1 unspecified atom stereocenters. The molecule has 8 heteroatoms. The van der Waals surface area contributed by atoms with E-state index in [4.69, 9.17) is 28.9 Å². The van der Waals surface area contributed by atoms with Gasteiger partial charge in [-0.25, -0.2) is 0 Å². The lowest BCUT2D eigenvalue weighted by Crippen LogP contribution is -2.25. The molecule has 0 bridgehead atoms. The van der Waals surface area contributed by atoms with Gasteiger partial charge < -0.3 is 10.6 Å². The van der Waals surface area contributed by atoms with Crippen molar-refractivity contribution in [3.05, 3.63) is 27.3 Å². The van der Waals surface area contributed by atoms with Gasteiger partial charge in [0.1, 0.15) is 5.02 Å². The molecule has 96 valence electrons. The standard InChI is InChI=1S/C10H9Cl2N3O3/c11-5-1-10(16)14(4-5)9-3-8(15(17)18)6(12)2-7(9)13/h2-3,5H,1,4,13H2. The number of hydrogen-bond donors (Lipinski definition) is 1. The van der Waals surface area contributed by atoms with Gasteiger partial charge in [-0.15, -0.1) is 11.6 Å². The van der Waals surface area contributed by atoms with E-state index in [1.165, 1.54) is 17.0 Å². The SMILES string of the molecule is Nc1cc(Cl)c([N+](=O)[O-])cc1N1CC(Cl)CC1=O. The van der Waals surface area contributed by atoms with Gasteiger partial charge in [-0.05, 0) is 6.07 Å². The summed E-state index contributed by atoms with van der Waals surface area (Å²) in [6.07, 6.45) is 0.192. The summed E-state index contributed by atoms with van der Waals surface area (Å²) in [4.78, 5) is 23.2. The van der Waals surface area contributed by atoms with E-state index >= 15 is 0 Å². The van der Waals surface area contributed by atoms with E-state index in [-0.39, 0.29) is 46.3 Å². The quantitative estimate of drug-likeness (QED) is 0.391. The van der Waals surface area contributed by atoms with Gasteiger partial charge in [0.05, 0.1) is 21.7 Å². The number of rotatable bonds is 2. The van der Waals surface area contributed by atoms with Gasteiger partial charge in [-0.2, -0.15) is 0 Å². The van der Waals surface area contributed by atoms with Crippen molar-refractivity contribution in [3.63, 3.8) is 0 Å². The molecule has 1 saturated heterocycles. The van der Waals surface area contributed by atoms with Crippen LogP contribution >= 0.6 is 23.2 Å².